The molecule has 0 aromatic heterocycles. The lowest BCUT2D eigenvalue weighted by atomic mass is 10.0. The molecule has 0 radical (unpaired) electrons. The zero-order valence-corrected chi connectivity index (χ0v) is 12.8. The van der Waals surface area contributed by atoms with Crippen molar-refractivity contribution in [3.8, 4) is 5.75 Å². The number of ether oxygens (including phenoxy) is 1. The van der Waals surface area contributed by atoms with Gasteiger partial charge in [-0.3, -0.25) is 10.1 Å². The minimum Gasteiger partial charge on any atom is -0.489 e. The van der Waals surface area contributed by atoms with Gasteiger partial charge in [0.15, 0.2) is 0 Å². The first-order valence-electron chi connectivity index (χ1n) is 7.84. The second-order valence-corrected chi connectivity index (χ2v) is 5.93. The summed E-state index contributed by atoms with van der Waals surface area (Å²) in [6.45, 7) is 1.13. The maximum Gasteiger partial charge on any atom is 0.324 e. The summed E-state index contributed by atoms with van der Waals surface area (Å²) < 4.78 is 5.91. The molecule has 3 amide bonds. The number of carbonyl (C=O) groups excluding carboxylic acids is 2. The minimum absolute atomic E-state index is 0.0123. The van der Waals surface area contributed by atoms with Crippen LogP contribution in [0.3, 0.4) is 0 Å². The van der Waals surface area contributed by atoms with Crippen LogP contribution in [0.15, 0.2) is 24.3 Å². The van der Waals surface area contributed by atoms with Crippen LogP contribution < -0.4 is 15.4 Å². The second kappa shape index (κ2) is 6.97. The van der Waals surface area contributed by atoms with E-state index in [9.17, 15) is 14.7 Å². The number of β-amino-alcohol motifs (C(OH)–C–C–N with tert-alkyl or cyclic N) is 1. The summed E-state index contributed by atoms with van der Waals surface area (Å²) in [5.74, 6) is 0.600. The van der Waals surface area contributed by atoms with Gasteiger partial charge >= 0.3 is 6.03 Å². The number of para-hydroxylation sites is 1. The van der Waals surface area contributed by atoms with Gasteiger partial charge in [-0.2, -0.15) is 0 Å². The third kappa shape index (κ3) is 4.00. The molecule has 1 aromatic rings. The lowest BCUT2D eigenvalue weighted by Gasteiger charge is -2.27. The van der Waals surface area contributed by atoms with Crippen molar-refractivity contribution in [2.24, 2.45) is 0 Å². The van der Waals surface area contributed by atoms with Gasteiger partial charge in [-0.1, -0.05) is 18.2 Å². The fourth-order valence-corrected chi connectivity index (χ4v) is 2.88. The number of nitrogens with zero attached hydrogens (tertiary/aromatic N) is 1. The molecule has 124 valence electrons. The zero-order valence-electron chi connectivity index (χ0n) is 12.8. The van der Waals surface area contributed by atoms with Gasteiger partial charge in [-0.05, 0) is 24.5 Å². The highest BCUT2D eigenvalue weighted by Crippen LogP contribution is 2.26. The number of rotatable bonds is 6. The van der Waals surface area contributed by atoms with Crippen molar-refractivity contribution < 1.29 is 19.4 Å². The molecular formula is C16H21N3O4. The Morgan fingerprint density at radius 1 is 1.39 bits per heavy atom. The van der Waals surface area contributed by atoms with Crippen LogP contribution in [0.1, 0.15) is 12.0 Å². The fraction of sp³-hybridized carbons (Fsp3) is 0.500. The van der Waals surface area contributed by atoms with E-state index in [1.54, 1.807) is 0 Å². The van der Waals surface area contributed by atoms with Crippen LogP contribution in [0.5, 0.6) is 5.75 Å². The number of amides is 3. The summed E-state index contributed by atoms with van der Waals surface area (Å²) in [4.78, 5) is 23.8. The fourth-order valence-electron chi connectivity index (χ4n) is 2.88. The number of aryl methyl sites for hydroxylation is 1. The van der Waals surface area contributed by atoms with Crippen molar-refractivity contribution in [2.75, 3.05) is 26.2 Å². The first-order chi connectivity index (χ1) is 11.1. The molecule has 2 aliphatic rings. The van der Waals surface area contributed by atoms with Gasteiger partial charge in [0, 0.05) is 13.1 Å². The third-order valence-corrected chi connectivity index (χ3v) is 4.05. The van der Waals surface area contributed by atoms with Crippen molar-refractivity contribution in [1.29, 1.82) is 0 Å². The average Bonchev–Trinajstić information content (AvgIpc) is 2.84. The van der Waals surface area contributed by atoms with Gasteiger partial charge in [0.2, 0.25) is 5.91 Å². The van der Waals surface area contributed by atoms with E-state index in [-0.39, 0.29) is 25.1 Å². The van der Waals surface area contributed by atoms with E-state index in [4.69, 9.17) is 4.74 Å². The highest BCUT2D eigenvalue weighted by Gasteiger charge is 2.28. The van der Waals surface area contributed by atoms with Gasteiger partial charge in [0.05, 0.1) is 12.6 Å². The molecular weight excluding hydrogens is 298 g/mol. The number of hydrogen-bond acceptors (Lipinski definition) is 5. The normalized spacial score (nSPS) is 21.6. The van der Waals surface area contributed by atoms with Gasteiger partial charge in [-0.15, -0.1) is 0 Å². The van der Waals surface area contributed by atoms with Gasteiger partial charge in [-0.25, -0.2) is 4.79 Å². The van der Waals surface area contributed by atoms with Crippen LogP contribution in [-0.4, -0.2) is 60.3 Å². The van der Waals surface area contributed by atoms with Crippen molar-refractivity contribution in [2.45, 2.75) is 25.0 Å². The number of hydrogen-bond donors (Lipinski definition) is 3. The van der Waals surface area contributed by atoms with E-state index in [1.807, 2.05) is 18.2 Å². The Bertz CT molecular complexity index is 592. The summed E-state index contributed by atoms with van der Waals surface area (Å²) in [6, 6.07) is 7.57. The SMILES string of the molecule is O=C1CN(CC(O)CNCC2CCc3ccccc3O2)C(=O)N1. The van der Waals surface area contributed by atoms with Crippen LogP contribution in [-0.2, 0) is 11.2 Å². The smallest absolute Gasteiger partial charge is 0.324 e. The van der Waals surface area contributed by atoms with E-state index in [2.05, 4.69) is 16.7 Å². The molecule has 7 nitrogen and oxygen atoms in total. The highest BCUT2D eigenvalue weighted by atomic mass is 16.5. The Hall–Kier alpha value is -2.12. The molecule has 1 fully saturated rings. The van der Waals surface area contributed by atoms with Gasteiger partial charge in [0.25, 0.3) is 0 Å². The summed E-state index contributed by atoms with van der Waals surface area (Å²) in [5, 5.41) is 15.3. The molecule has 1 aromatic carbocycles. The molecule has 2 heterocycles. The molecule has 23 heavy (non-hydrogen) atoms. The van der Waals surface area contributed by atoms with E-state index in [1.165, 1.54) is 10.5 Å². The Labute approximate surface area is 134 Å². The molecule has 3 N–H and O–H groups in total. The summed E-state index contributed by atoms with van der Waals surface area (Å²) in [6.07, 6.45) is 1.28. The number of imide groups is 1. The molecule has 3 rings (SSSR count). The Balaban J connectivity index is 1.38. The number of aliphatic hydroxyl groups excluding tert-OH is 1. The number of nitrogens with one attached hydrogen (secondary N) is 2. The van der Waals surface area contributed by atoms with Crippen LogP contribution in [0.2, 0.25) is 0 Å². The average molecular weight is 319 g/mol. The topological polar surface area (TPSA) is 90.9 Å². The van der Waals surface area contributed by atoms with Crippen molar-refractivity contribution >= 4 is 11.9 Å². The van der Waals surface area contributed by atoms with Crippen LogP contribution in [0, 0.1) is 0 Å². The lowest BCUT2D eigenvalue weighted by Crippen LogP contribution is -2.42. The molecule has 0 aliphatic carbocycles. The molecule has 0 spiro atoms. The van der Waals surface area contributed by atoms with E-state index in [0.29, 0.717) is 13.1 Å². The molecule has 0 bridgehead atoms. The third-order valence-electron chi connectivity index (χ3n) is 4.05. The van der Waals surface area contributed by atoms with Crippen molar-refractivity contribution in [1.82, 2.24) is 15.5 Å². The summed E-state index contributed by atoms with van der Waals surface area (Å²) in [5.41, 5.74) is 1.23. The summed E-state index contributed by atoms with van der Waals surface area (Å²) >= 11 is 0. The molecule has 7 heteroatoms. The van der Waals surface area contributed by atoms with Crippen LogP contribution in [0.4, 0.5) is 4.79 Å². The Morgan fingerprint density at radius 2 is 2.22 bits per heavy atom. The largest absolute Gasteiger partial charge is 0.489 e. The number of carbonyl (C=O) groups is 2. The quantitative estimate of drug-likeness (QED) is 0.636. The standard InChI is InChI=1S/C16H21N3O4/c20-12(9-19-10-15(21)18-16(19)22)7-17-8-13-6-5-11-3-1-2-4-14(11)23-13/h1-4,12-13,17,20H,5-10H2,(H,18,21,22). The maximum absolute atomic E-state index is 11.4. The van der Waals surface area contributed by atoms with Crippen molar-refractivity contribution in [3.05, 3.63) is 29.8 Å². The highest BCUT2D eigenvalue weighted by molar-refractivity contribution is 6.01. The van der Waals surface area contributed by atoms with Crippen molar-refractivity contribution in [3.63, 3.8) is 0 Å². The Morgan fingerprint density at radius 3 is 3.00 bits per heavy atom. The maximum atomic E-state index is 11.4. The predicted molar refractivity (Wildman–Crippen MR) is 83.2 cm³/mol. The number of benzene rings is 1. The molecule has 2 aliphatic heterocycles. The number of aliphatic hydroxyl groups is 1. The predicted octanol–water partition coefficient (Wildman–Crippen LogP) is -0.117. The molecule has 0 saturated carbocycles. The summed E-state index contributed by atoms with van der Waals surface area (Å²) in [7, 11) is 0. The van der Waals surface area contributed by atoms with Gasteiger partial charge in [0.1, 0.15) is 18.4 Å². The lowest BCUT2D eigenvalue weighted by molar-refractivity contribution is -0.118. The minimum atomic E-state index is -0.720. The molecule has 2 unspecified atom stereocenters. The Kier molecular flexibility index (Phi) is 4.78. The van der Waals surface area contributed by atoms with Gasteiger partial charge < -0.3 is 20.1 Å². The molecule has 1 saturated heterocycles. The van der Waals surface area contributed by atoms with E-state index in [0.717, 1.165) is 18.6 Å². The van der Waals surface area contributed by atoms with E-state index >= 15 is 0 Å². The van der Waals surface area contributed by atoms with Crippen LogP contribution in [0.25, 0.3) is 0 Å². The first-order valence-corrected chi connectivity index (χ1v) is 7.84. The van der Waals surface area contributed by atoms with E-state index < -0.39 is 12.1 Å². The number of urea groups is 1. The number of fused-ring (bicyclic) bond motifs is 1. The molecule has 2 atom stereocenters. The first kappa shape index (κ1) is 15.8. The van der Waals surface area contributed by atoms with Crippen LogP contribution >= 0.6 is 0 Å². The monoisotopic (exact) mass is 319 g/mol. The second-order valence-electron chi connectivity index (χ2n) is 5.93. The zero-order chi connectivity index (χ0) is 16.2.